The van der Waals surface area contributed by atoms with Gasteiger partial charge in [0.1, 0.15) is 0 Å². The summed E-state index contributed by atoms with van der Waals surface area (Å²) in [5.41, 5.74) is 0. The number of rotatable bonds is 6. The average molecular weight is 224 g/mol. The largest absolute Gasteiger partial charge is 0.316 e. The fourth-order valence-electron chi connectivity index (χ4n) is 3.51. The van der Waals surface area contributed by atoms with Crippen molar-refractivity contribution >= 4 is 0 Å². The van der Waals surface area contributed by atoms with Crippen LogP contribution in [-0.2, 0) is 0 Å². The van der Waals surface area contributed by atoms with Gasteiger partial charge in [-0.25, -0.2) is 0 Å². The van der Waals surface area contributed by atoms with E-state index in [1.54, 1.807) is 0 Å². The Bertz CT molecular complexity index is 193. The van der Waals surface area contributed by atoms with Gasteiger partial charge in [-0.05, 0) is 50.1 Å². The first-order valence-corrected chi connectivity index (χ1v) is 7.22. The Balaban J connectivity index is 1.63. The quantitative estimate of drug-likeness (QED) is 0.697. The van der Waals surface area contributed by atoms with E-state index in [9.17, 15) is 0 Å². The average Bonchev–Trinajstić information content (AvgIpc) is 2.78. The predicted octanol–water partition coefficient (Wildman–Crippen LogP) is 2.35. The van der Waals surface area contributed by atoms with Gasteiger partial charge >= 0.3 is 0 Å². The highest BCUT2D eigenvalue weighted by molar-refractivity contribution is 4.88. The minimum atomic E-state index is 0.811. The normalized spacial score (nSPS) is 31.9. The van der Waals surface area contributed by atoms with E-state index in [-0.39, 0.29) is 0 Å². The zero-order valence-electron chi connectivity index (χ0n) is 11.0. The van der Waals surface area contributed by atoms with Crippen molar-refractivity contribution in [3.63, 3.8) is 0 Å². The predicted molar refractivity (Wildman–Crippen MR) is 69.6 cm³/mol. The molecule has 0 bridgehead atoms. The lowest BCUT2D eigenvalue weighted by atomic mass is 10.0. The number of nitrogens with zero attached hydrogens (tertiary/aromatic N) is 1. The van der Waals surface area contributed by atoms with Crippen LogP contribution in [0.4, 0.5) is 0 Å². The van der Waals surface area contributed by atoms with Crippen LogP contribution in [0.2, 0.25) is 0 Å². The second-order valence-electron chi connectivity index (χ2n) is 5.98. The standard InChI is InChI=1S/C14H28N2/c1-3-7-15-8-12(2)9-16-10-13-5-4-6-14(13)11-16/h12-15H,3-11H2,1-2H3. The van der Waals surface area contributed by atoms with Gasteiger partial charge in [0.25, 0.3) is 0 Å². The second-order valence-corrected chi connectivity index (χ2v) is 5.98. The third-order valence-corrected chi connectivity index (χ3v) is 4.29. The van der Waals surface area contributed by atoms with E-state index < -0.39 is 0 Å². The van der Waals surface area contributed by atoms with Crippen LogP contribution < -0.4 is 5.32 Å². The molecular weight excluding hydrogens is 196 g/mol. The highest BCUT2D eigenvalue weighted by Gasteiger charge is 2.35. The van der Waals surface area contributed by atoms with Gasteiger partial charge in [0.05, 0.1) is 0 Å². The second kappa shape index (κ2) is 6.02. The Hall–Kier alpha value is -0.0800. The summed E-state index contributed by atoms with van der Waals surface area (Å²) in [7, 11) is 0. The maximum Gasteiger partial charge on any atom is 0.00194 e. The van der Waals surface area contributed by atoms with E-state index in [1.807, 2.05) is 0 Å². The summed E-state index contributed by atoms with van der Waals surface area (Å²) in [6.45, 7) is 11.1. The topological polar surface area (TPSA) is 15.3 Å². The maximum atomic E-state index is 3.53. The highest BCUT2D eigenvalue weighted by Crippen LogP contribution is 2.37. The molecule has 3 unspecified atom stereocenters. The van der Waals surface area contributed by atoms with Crippen LogP contribution in [0.3, 0.4) is 0 Å². The first kappa shape index (κ1) is 12.4. The summed E-state index contributed by atoms with van der Waals surface area (Å²) in [6.07, 6.45) is 5.75. The molecule has 0 aromatic carbocycles. The summed E-state index contributed by atoms with van der Waals surface area (Å²) in [6, 6.07) is 0. The van der Waals surface area contributed by atoms with Crippen LogP contribution in [0.5, 0.6) is 0 Å². The van der Waals surface area contributed by atoms with Gasteiger partial charge in [0.15, 0.2) is 0 Å². The molecule has 1 saturated heterocycles. The summed E-state index contributed by atoms with van der Waals surface area (Å²) in [5.74, 6) is 2.91. The van der Waals surface area contributed by atoms with Crippen LogP contribution in [0.25, 0.3) is 0 Å². The number of hydrogen-bond donors (Lipinski definition) is 1. The lowest BCUT2D eigenvalue weighted by Gasteiger charge is -2.21. The Labute approximate surface area is 101 Å². The van der Waals surface area contributed by atoms with Crippen LogP contribution in [0.15, 0.2) is 0 Å². The molecule has 1 aliphatic carbocycles. The molecule has 1 heterocycles. The molecule has 0 aromatic rings. The fraction of sp³-hybridized carbons (Fsp3) is 1.00. The molecule has 16 heavy (non-hydrogen) atoms. The fourth-order valence-corrected chi connectivity index (χ4v) is 3.51. The van der Waals surface area contributed by atoms with Crippen molar-refractivity contribution in [1.82, 2.24) is 10.2 Å². The first-order chi connectivity index (χ1) is 7.79. The third kappa shape index (κ3) is 3.21. The maximum absolute atomic E-state index is 3.53. The Morgan fingerprint density at radius 3 is 2.56 bits per heavy atom. The van der Waals surface area contributed by atoms with Crippen molar-refractivity contribution in [3.05, 3.63) is 0 Å². The number of likely N-dealkylation sites (tertiary alicyclic amines) is 1. The van der Waals surface area contributed by atoms with Gasteiger partial charge < -0.3 is 10.2 Å². The molecule has 2 fully saturated rings. The van der Waals surface area contributed by atoms with E-state index in [2.05, 4.69) is 24.1 Å². The molecule has 0 amide bonds. The molecule has 0 spiro atoms. The molecule has 2 aliphatic rings. The molecule has 2 heteroatoms. The van der Waals surface area contributed by atoms with E-state index >= 15 is 0 Å². The van der Waals surface area contributed by atoms with Gasteiger partial charge in [-0.2, -0.15) is 0 Å². The highest BCUT2D eigenvalue weighted by atomic mass is 15.2. The molecule has 2 rings (SSSR count). The van der Waals surface area contributed by atoms with Crippen LogP contribution in [0.1, 0.15) is 39.5 Å². The van der Waals surface area contributed by atoms with Crippen molar-refractivity contribution in [2.24, 2.45) is 17.8 Å². The van der Waals surface area contributed by atoms with Crippen molar-refractivity contribution in [2.75, 3.05) is 32.7 Å². The lowest BCUT2D eigenvalue weighted by molar-refractivity contribution is 0.264. The Morgan fingerprint density at radius 1 is 1.25 bits per heavy atom. The lowest BCUT2D eigenvalue weighted by Crippen LogP contribution is -2.32. The molecule has 0 radical (unpaired) electrons. The van der Waals surface area contributed by atoms with E-state index in [1.165, 1.54) is 58.4 Å². The van der Waals surface area contributed by atoms with Crippen molar-refractivity contribution in [3.8, 4) is 0 Å². The summed E-state index contributed by atoms with van der Waals surface area (Å²) < 4.78 is 0. The first-order valence-electron chi connectivity index (χ1n) is 7.22. The third-order valence-electron chi connectivity index (χ3n) is 4.29. The minimum absolute atomic E-state index is 0.811. The van der Waals surface area contributed by atoms with Crippen LogP contribution in [0, 0.1) is 17.8 Å². The van der Waals surface area contributed by atoms with Gasteiger partial charge in [-0.1, -0.05) is 20.3 Å². The molecule has 1 N–H and O–H groups in total. The van der Waals surface area contributed by atoms with Gasteiger partial charge in [-0.15, -0.1) is 0 Å². The SMILES string of the molecule is CCCNCC(C)CN1CC2CCCC2C1. The molecule has 1 saturated carbocycles. The molecule has 3 atom stereocenters. The van der Waals surface area contributed by atoms with Crippen molar-refractivity contribution in [2.45, 2.75) is 39.5 Å². The summed E-state index contributed by atoms with van der Waals surface area (Å²) >= 11 is 0. The van der Waals surface area contributed by atoms with Crippen LogP contribution in [-0.4, -0.2) is 37.6 Å². The zero-order chi connectivity index (χ0) is 11.4. The van der Waals surface area contributed by atoms with Gasteiger partial charge in [0.2, 0.25) is 0 Å². The minimum Gasteiger partial charge on any atom is -0.316 e. The Morgan fingerprint density at radius 2 is 1.94 bits per heavy atom. The number of hydrogen-bond acceptors (Lipinski definition) is 2. The molecule has 2 nitrogen and oxygen atoms in total. The molecule has 0 aromatic heterocycles. The molecule has 1 aliphatic heterocycles. The van der Waals surface area contributed by atoms with E-state index in [4.69, 9.17) is 0 Å². The van der Waals surface area contributed by atoms with Gasteiger partial charge in [0, 0.05) is 19.6 Å². The summed E-state index contributed by atoms with van der Waals surface area (Å²) in [4.78, 5) is 2.72. The summed E-state index contributed by atoms with van der Waals surface area (Å²) in [5, 5.41) is 3.53. The van der Waals surface area contributed by atoms with Crippen LogP contribution >= 0.6 is 0 Å². The van der Waals surface area contributed by atoms with E-state index in [0.29, 0.717) is 0 Å². The van der Waals surface area contributed by atoms with E-state index in [0.717, 1.165) is 17.8 Å². The Kier molecular flexibility index (Phi) is 4.66. The van der Waals surface area contributed by atoms with Crippen molar-refractivity contribution in [1.29, 1.82) is 0 Å². The number of fused-ring (bicyclic) bond motifs is 1. The molecular formula is C14H28N2. The van der Waals surface area contributed by atoms with Crippen molar-refractivity contribution < 1.29 is 0 Å². The molecule has 94 valence electrons. The monoisotopic (exact) mass is 224 g/mol. The smallest absolute Gasteiger partial charge is 0.00194 e. The number of nitrogens with one attached hydrogen (secondary N) is 1. The van der Waals surface area contributed by atoms with Gasteiger partial charge in [-0.3, -0.25) is 0 Å². The zero-order valence-corrected chi connectivity index (χ0v) is 11.0.